The Morgan fingerprint density at radius 2 is 1.79 bits per heavy atom. The Morgan fingerprint density at radius 1 is 1.07 bits per heavy atom. The molecule has 0 radical (unpaired) electrons. The van der Waals surface area contributed by atoms with Crippen molar-refractivity contribution < 1.29 is 22.7 Å². The van der Waals surface area contributed by atoms with Gasteiger partial charge in [-0.3, -0.25) is 9.69 Å². The zero-order chi connectivity index (χ0) is 20.7. The molecule has 3 rings (SSSR count). The van der Waals surface area contributed by atoms with Crippen LogP contribution < -0.4 is 10.6 Å². The number of amides is 1. The predicted octanol–water partition coefficient (Wildman–Crippen LogP) is 3.31. The summed E-state index contributed by atoms with van der Waals surface area (Å²) < 4.78 is 43.8. The molecule has 5 nitrogen and oxygen atoms in total. The highest BCUT2D eigenvalue weighted by atomic mass is 19.4. The second-order valence-electron chi connectivity index (χ2n) is 6.81. The second kappa shape index (κ2) is 9.76. The Balaban J connectivity index is 1.56. The van der Waals surface area contributed by atoms with Crippen LogP contribution in [0.25, 0.3) is 0 Å². The zero-order valence-electron chi connectivity index (χ0n) is 15.9. The molecule has 8 heteroatoms. The number of nitrogens with one attached hydrogen (secondary N) is 2. The largest absolute Gasteiger partial charge is 0.416 e. The van der Waals surface area contributed by atoms with E-state index in [9.17, 15) is 18.0 Å². The van der Waals surface area contributed by atoms with Crippen LogP contribution in [0.4, 0.5) is 18.9 Å². The summed E-state index contributed by atoms with van der Waals surface area (Å²) in [7, 11) is 0. The lowest BCUT2D eigenvalue weighted by Gasteiger charge is -2.35. The summed E-state index contributed by atoms with van der Waals surface area (Å²) >= 11 is 0. The normalized spacial score (nSPS) is 16.2. The first kappa shape index (κ1) is 21.1. The molecule has 0 saturated carbocycles. The molecule has 2 aromatic rings. The van der Waals surface area contributed by atoms with Crippen LogP contribution in [0.2, 0.25) is 0 Å². The van der Waals surface area contributed by atoms with Crippen molar-refractivity contribution in [2.45, 2.75) is 12.2 Å². The molecule has 2 aromatic carbocycles. The summed E-state index contributed by atoms with van der Waals surface area (Å²) in [6.45, 7) is 3.15. The van der Waals surface area contributed by atoms with Crippen LogP contribution in [0.15, 0.2) is 54.6 Å². The predicted molar refractivity (Wildman–Crippen MR) is 105 cm³/mol. The molecular formula is C21H24F3N3O2. The number of morpholine rings is 1. The van der Waals surface area contributed by atoms with Gasteiger partial charge in [0.2, 0.25) is 5.91 Å². The molecule has 0 bridgehead atoms. The first-order valence-corrected chi connectivity index (χ1v) is 9.48. The first-order valence-electron chi connectivity index (χ1n) is 9.48. The molecule has 0 aromatic heterocycles. The van der Waals surface area contributed by atoms with E-state index < -0.39 is 11.7 Å². The van der Waals surface area contributed by atoms with Crippen LogP contribution in [0.1, 0.15) is 17.2 Å². The molecule has 1 aliphatic rings. The van der Waals surface area contributed by atoms with Crippen molar-refractivity contribution in [2.75, 3.05) is 44.7 Å². The van der Waals surface area contributed by atoms with Gasteiger partial charge in [-0.05, 0) is 23.8 Å². The molecule has 1 amide bonds. The van der Waals surface area contributed by atoms with Gasteiger partial charge in [0.25, 0.3) is 0 Å². The number of ether oxygens (including phenoxy) is 1. The molecule has 1 aliphatic heterocycles. The number of benzene rings is 2. The summed E-state index contributed by atoms with van der Waals surface area (Å²) in [4.78, 5) is 14.5. The van der Waals surface area contributed by atoms with Gasteiger partial charge in [-0.2, -0.15) is 13.2 Å². The minimum atomic E-state index is -4.42. The molecule has 156 valence electrons. The highest BCUT2D eigenvalue weighted by molar-refractivity contribution is 5.80. The Kier molecular flexibility index (Phi) is 7.11. The van der Waals surface area contributed by atoms with Gasteiger partial charge < -0.3 is 15.4 Å². The Morgan fingerprint density at radius 3 is 2.48 bits per heavy atom. The summed E-state index contributed by atoms with van der Waals surface area (Å²) in [6, 6.07) is 14.7. The molecule has 1 heterocycles. The third-order valence-electron chi connectivity index (χ3n) is 4.81. The van der Waals surface area contributed by atoms with Crippen molar-refractivity contribution in [3.63, 3.8) is 0 Å². The van der Waals surface area contributed by atoms with Crippen molar-refractivity contribution in [3.8, 4) is 0 Å². The summed E-state index contributed by atoms with van der Waals surface area (Å²) in [5, 5.41) is 5.64. The Labute approximate surface area is 167 Å². The average molecular weight is 407 g/mol. The van der Waals surface area contributed by atoms with E-state index in [0.29, 0.717) is 19.8 Å². The van der Waals surface area contributed by atoms with Gasteiger partial charge in [0.05, 0.1) is 31.4 Å². The van der Waals surface area contributed by atoms with E-state index in [2.05, 4.69) is 15.5 Å². The molecule has 1 saturated heterocycles. The zero-order valence-corrected chi connectivity index (χ0v) is 15.9. The summed E-state index contributed by atoms with van der Waals surface area (Å²) in [5.74, 6) is -0.281. The van der Waals surface area contributed by atoms with Crippen LogP contribution in [-0.2, 0) is 15.7 Å². The number of hydrogen-bond donors (Lipinski definition) is 2. The number of rotatable bonds is 7. The monoisotopic (exact) mass is 407 g/mol. The van der Waals surface area contributed by atoms with Crippen molar-refractivity contribution in [1.29, 1.82) is 0 Å². The summed E-state index contributed by atoms with van der Waals surface area (Å²) in [5.41, 5.74) is 0.600. The fraction of sp³-hybridized carbons (Fsp3) is 0.381. The van der Waals surface area contributed by atoms with Crippen LogP contribution in [0, 0.1) is 0 Å². The van der Waals surface area contributed by atoms with Gasteiger partial charge in [-0.15, -0.1) is 0 Å². The third-order valence-corrected chi connectivity index (χ3v) is 4.81. The van der Waals surface area contributed by atoms with Crippen LogP contribution >= 0.6 is 0 Å². The van der Waals surface area contributed by atoms with E-state index >= 15 is 0 Å². The first-order chi connectivity index (χ1) is 13.9. The van der Waals surface area contributed by atoms with E-state index in [4.69, 9.17) is 4.74 Å². The van der Waals surface area contributed by atoms with Crippen molar-refractivity contribution in [1.82, 2.24) is 10.2 Å². The van der Waals surface area contributed by atoms with Crippen LogP contribution in [-0.4, -0.2) is 50.2 Å². The quantitative estimate of drug-likeness (QED) is 0.740. The van der Waals surface area contributed by atoms with Crippen LogP contribution in [0.5, 0.6) is 0 Å². The SMILES string of the molecule is O=C(CNc1cccc(C(F)(F)F)c1)NCC(c1ccccc1)N1CCOCC1. The topological polar surface area (TPSA) is 53.6 Å². The number of nitrogens with zero attached hydrogens (tertiary/aromatic N) is 1. The lowest BCUT2D eigenvalue weighted by atomic mass is 10.0. The number of anilines is 1. The van der Waals surface area contributed by atoms with Gasteiger partial charge in [-0.1, -0.05) is 36.4 Å². The average Bonchev–Trinajstić information content (AvgIpc) is 2.73. The van der Waals surface area contributed by atoms with Gasteiger partial charge in [0, 0.05) is 25.3 Å². The molecule has 2 N–H and O–H groups in total. The molecule has 1 fully saturated rings. The number of carbonyl (C=O) groups is 1. The third kappa shape index (κ3) is 6.20. The van der Waals surface area contributed by atoms with E-state index in [0.717, 1.165) is 30.8 Å². The lowest BCUT2D eigenvalue weighted by molar-refractivity contribution is -0.137. The highest BCUT2D eigenvalue weighted by Crippen LogP contribution is 2.30. The number of halogens is 3. The van der Waals surface area contributed by atoms with Gasteiger partial charge in [0.15, 0.2) is 0 Å². The molecule has 1 atom stereocenters. The molecule has 29 heavy (non-hydrogen) atoms. The second-order valence-corrected chi connectivity index (χ2v) is 6.81. The molecular weight excluding hydrogens is 383 g/mol. The van der Waals surface area contributed by atoms with Crippen molar-refractivity contribution in [2.24, 2.45) is 0 Å². The minimum Gasteiger partial charge on any atom is -0.379 e. The maximum absolute atomic E-state index is 12.8. The van der Waals surface area contributed by atoms with Crippen molar-refractivity contribution in [3.05, 3.63) is 65.7 Å². The minimum absolute atomic E-state index is 0.0117. The molecule has 0 spiro atoms. The maximum Gasteiger partial charge on any atom is 0.416 e. The van der Waals surface area contributed by atoms with Crippen LogP contribution in [0.3, 0.4) is 0 Å². The maximum atomic E-state index is 12.8. The smallest absolute Gasteiger partial charge is 0.379 e. The molecule has 0 aliphatic carbocycles. The number of carbonyl (C=O) groups excluding carboxylic acids is 1. The lowest BCUT2D eigenvalue weighted by Crippen LogP contribution is -2.44. The van der Waals surface area contributed by atoms with Gasteiger partial charge in [0.1, 0.15) is 0 Å². The standard InChI is InChI=1S/C21H24F3N3O2/c22-21(23,24)17-7-4-8-18(13-17)25-15-20(28)26-14-19(16-5-2-1-3-6-16)27-9-11-29-12-10-27/h1-8,13,19,25H,9-12,14-15H2,(H,26,28). The summed E-state index contributed by atoms with van der Waals surface area (Å²) in [6.07, 6.45) is -4.42. The molecule has 1 unspecified atom stereocenters. The van der Waals surface area contributed by atoms with E-state index in [1.54, 1.807) is 0 Å². The Hall–Kier alpha value is -2.58. The van der Waals surface area contributed by atoms with E-state index in [1.165, 1.54) is 12.1 Å². The number of hydrogen-bond acceptors (Lipinski definition) is 4. The fourth-order valence-corrected chi connectivity index (χ4v) is 3.28. The van der Waals surface area contributed by atoms with Gasteiger partial charge >= 0.3 is 6.18 Å². The van der Waals surface area contributed by atoms with Gasteiger partial charge in [-0.25, -0.2) is 0 Å². The Bertz CT molecular complexity index is 793. The van der Waals surface area contributed by atoms with Crippen molar-refractivity contribution >= 4 is 11.6 Å². The van der Waals surface area contributed by atoms with E-state index in [-0.39, 0.29) is 24.2 Å². The fourth-order valence-electron chi connectivity index (χ4n) is 3.28. The van der Waals surface area contributed by atoms with E-state index in [1.807, 2.05) is 30.3 Å². The highest BCUT2D eigenvalue weighted by Gasteiger charge is 2.30. The number of alkyl halides is 3.